The number of ether oxygens (including phenoxy) is 1. The zero-order valence-corrected chi connectivity index (χ0v) is 16.1. The first-order valence-corrected chi connectivity index (χ1v) is 9.79. The van der Waals surface area contributed by atoms with Crippen LogP contribution in [-0.4, -0.2) is 42.4 Å². The predicted octanol–water partition coefficient (Wildman–Crippen LogP) is 2.53. The van der Waals surface area contributed by atoms with E-state index >= 15 is 0 Å². The van der Waals surface area contributed by atoms with Gasteiger partial charge in [0.2, 0.25) is 0 Å². The predicted molar refractivity (Wildman–Crippen MR) is 110 cm³/mol. The van der Waals surface area contributed by atoms with E-state index in [1.165, 1.54) is 0 Å². The second-order valence-corrected chi connectivity index (χ2v) is 7.51. The largest absolute Gasteiger partial charge is 0.465 e. The molecule has 2 aromatic rings. The lowest BCUT2D eigenvalue weighted by molar-refractivity contribution is -0.146. The van der Waals surface area contributed by atoms with Crippen LogP contribution in [0.3, 0.4) is 0 Å². The molecule has 0 bridgehead atoms. The third kappa shape index (κ3) is 3.81. The van der Waals surface area contributed by atoms with Crippen LogP contribution in [0, 0.1) is 11.3 Å². The Balaban J connectivity index is 1.54. The summed E-state index contributed by atoms with van der Waals surface area (Å²) in [5.41, 5.74) is 8.05. The SMILES string of the molecule is N=C(N)N1CCC(COC(=O)C2c3ccccc3NC(=O)c3ccccc32)CC1. The summed E-state index contributed by atoms with van der Waals surface area (Å²) in [6.45, 7) is 1.73. The van der Waals surface area contributed by atoms with Gasteiger partial charge in [-0.2, -0.15) is 0 Å². The molecule has 2 aliphatic heterocycles. The first-order chi connectivity index (χ1) is 14.0. The minimum absolute atomic E-state index is 0.0873. The van der Waals surface area contributed by atoms with Gasteiger partial charge in [-0.1, -0.05) is 36.4 Å². The Morgan fingerprint density at radius 2 is 1.76 bits per heavy atom. The number of hydrogen-bond donors (Lipinski definition) is 3. The number of rotatable bonds is 3. The van der Waals surface area contributed by atoms with Crippen LogP contribution in [0.25, 0.3) is 0 Å². The average molecular weight is 392 g/mol. The maximum absolute atomic E-state index is 13.2. The standard InChI is InChI=1S/C22H24N4O3/c23-22(24)26-11-9-14(10-12-26)13-29-21(28)19-15-5-1-2-6-16(15)20(27)25-18-8-4-3-7-17(18)19/h1-8,14,19H,9-13H2,(H3,23,24)(H,25,27). The number of nitrogens with two attached hydrogens (primary N) is 1. The second kappa shape index (κ2) is 7.95. The maximum atomic E-state index is 13.2. The van der Waals surface area contributed by atoms with Gasteiger partial charge in [0.1, 0.15) is 5.92 Å². The number of benzene rings is 2. The Hall–Kier alpha value is -3.35. The number of nitrogens with zero attached hydrogens (tertiary/aromatic N) is 1. The number of para-hydroxylation sites is 1. The van der Waals surface area contributed by atoms with E-state index in [-0.39, 0.29) is 23.8 Å². The van der Waals surface area contributed by atoms with Crippen molar-refractivity contribution in [2.45, 2.75) is 18.8 Å². The van der Waals surface area contributed by atoms with Crippen molar-refractivity contribution >= 4 is 23.5 Å². The average Bonchev–Trinajstić information content (AvgIpc) is 2.86. The van der Waals surface area contributed by atoms with Gasteiger partial charge in [-0.3, -0.25) is 15.0 Å². The first-order valence-electron chi connectivity index (χ1n) is 9.79. The van der Waals surface area contributed by atoms with E-state index in [1.807, 2.05) is 35.2 Å². The maximum Gasteiger partial charge on any atom is 0.318 e. The molecule has 7 heteroatoms. The van der Waals surface area contributed by atoms with Gasteiger partial charge in [0.15, 0.2) is 5.96 Å². The van der Waals surface area contributed by atoms with E-state index in [0.717, 1.165) is 18.4 Å². The lowest BCUT2D eigenvalue weighted by Crippen LogP contribution is -2.43. The van der Waals surface area contributed by atoms with Crippen molar-refractivity contribution in [3.05, 3.63) is 65.2 Å². The van der Waals surface area contributed by atoms with Crippen LogP contribution in [0.2, 0.25) is 0 Å². The van der Waals surface area contributed by atoms with E-state index in [1.54, 1.807) is 18.2 Å². The highest BCUT2D eigenvalue weighted by Gasteiger charge is 2.33. The van der Waals surface area contributed by atoms with E-state index in [9.17, 15) is 9.59 Å². The quantitative estimate of drug-likeness (QED) is 0.423. The van der Waals surface area contributed by atoms with Gasteiger partial charge in [-0.15, -0.1) is 0 Å². The van der Waals surface area contributed by atoms with Gasteiger partial charge in [0.05, 0.1) is 6.61 Å². The number of carbonyl (C=O) groups is 2. The molecule has 0 spiro atoms. The zero-order valence-electron chi connectivity index (χ0n) is 16.1. The Bertz CT molecular complexity index is 951. The van der Waals surface area contributed by atoms with Gasteiger partial charge >= 0.3 is 5.97 Å². The van der Waals surface area contributed by atoms with Crippen LogP contribution in [0.4, 0.5) is 5.69 Å². The summed E-state index contributed by atoms with van der Waals surface area (Å²) in [4.78, 5) is 27.6. The molecule has 0 aromatic heterocycles. The summed E-state index contributed by atoms with van der Waals surface area (Å²) in [6, 6.07) is 14.5. The number of carbonyl (C=O) groups excluding carboxylic acids is 2. The van der Waals surface area contributed by atoms with Crippen LogP contribution in [0.15, 0.2) is 48.5 Å². The van der Waals surface area contributed by atoms with Crippen LogP contribution >= 0.6 is 0 Å². The normalized spacial score (nSPS) is 18.8. The number of guanidine groups is 1. The van der Waals surface area contributed by atoms with Crippen molar-refractivity contribution < 1.29 is 14.3 Å². The molecule has 29 heavy (non-hydrogen) atoms. The Morgan fingerprint density at radius 1 is 1.10 bits per heavy atom. The van der Waals surface area contributed by atoms with Crippen LogP contribution in [-0.2, 0) is 9.53 Å². The molecule has 150 valence electrons. The van der Waals surface area contributed by atoms with Crippen molar-refractivity contribution in [3.63, 3.8) is 0 Å². The molecule has 1 fully saturated rings. The molecular weight excluding hydrogens is 368 g/mol. The summed E-state index contributed by atoms with van der Waals surface area (Å²) in [7, 11) is 0. The van der Waals surface area contributed by atoms with Gasteiger partial charge in [0.25, 0.3) is 5.91 Å². The summed E-state index contributed by atoms with van der Waals surface area (Å²) in [5, 5.41) is 10.4. The zero-order chi connectivity index (χ0) is 20.4. The van der Waals surface area contributed by atoms with E-state index in [2.05, 4.69) is 5.32 Å². The van der Waals surface area contributed by atoms with Gasteiger partial charge in [-0.05, 0) is 42.0 Å². The van der Waals surface area contributed by atoms with Gasteiger partial charge in [-0.25, -0.2) is 0 Å². The van der Waals surface area contributed by atoms with Crippen molar-refractivity contribution in [1.29, 1.82) is 5.41 Å². The highest BCUT2D eigenvalue weighted by atomic mass is 16.5. The molecule has 0 saturated carbocycles. The van der Waals surface area contributed by atoms with Crippen LogP contribution in [0.5, 0.6) is 0 Å². The number of fused-ring (bicyclic) bond motifs is 2. The third-order valence-electron chi connectivity index (χ3n) is 5.69. The second-order valence-electron chi connectivity index (χ2n) is 7.51. The summed E-state index contributed by atoms with van der Waals surface area (Å²) in [6.07, 6.45) is 1.65. The van der Waals surface area contributed by atoms with Gasteiger partial charge in [0, 0.05) is 24.3 Å². The molecule has 2 aliphatic rings. The molecule has 7 nitrogen and oxygen atoms in total. The van der Waals surface area contributed by atoms with Gasteiger partial charge < -0.3 is 20.7 Å². The van der Waals surface area contributed by atoms with E-state index < -0.39 is 5.92 Å². The van der Waals surface area contributed by atoms with Crippen molar-refractivity contribution in [2.75, 3.05) is 25.0 Å². The summed E-state index contributed by atoms with van der Waals surface area (Å²) < 4.78 is 5.74. The highest BCUT2D eigenvalue weighted by molar-refractivity contribution is 6.09. The molecule has 2 heterocycles. The molecule has 2 aromatic carbocycles. The lowest BCUT2D eigenvalue weighted by Gasteiger charge is -2.32. The Kier molecular flexibility index (Phi) is 5.20. The minimum Gasteiger partial charge on any atom is -0.465 e. The molecule has 1 saturated heterocycles. The summed E-state index contributed by atoms with van der Waals surface area (Å²) in [5.74, 6) is -0.899. The Morgan fingerprint density at radius 3 is 2.48 bits per heavy atom. The molecule has 0 radical (unpaired) electrons. The Labute approximate surface area is 169 Å². The lowest BCUT2D eigenvalue weighted by atomic mass is 9.88. The monoisotopic (exact) mass is 392 g/mol. The number of esters is 1. The number of anilines is 1. The molecule has 1 atom stereocenters. The van der Waals surface area contributed by atoms with Crippen molar-refractivity contribution in [2.24, 2.45) is 11.7 Å². The highest BCUT2D eigenvalue weighted by Crippen LogP contribution is 2.36. The molecule has 1 unspecified atom stereocenters. The minimum atomic E-state index is -0.654. The first kappa shape index (κ1) is 19.0. The number of amides is 1. The molecule has 4 N–H and O–H groups in total. The molecular formula is C22H24N4O3. The van der Waals surface area contributed by atoms with Crippen molar-refractivity contribution in [1.82, 2.24) is 4.90 Å². The van der Waals surface area contributed by atoms with Crippen LogP contribution < -0.4 is 11.1 Å². The van der Waals surface area contributed by atoms with Crippen molar-refractivity contribution in [3.8, 4) is 0 Å². The number of hydrogen-bond acceptors (Lipinski definition) is 4. The summed E-state index contributed by atoms with van der Waals surface area (Å²) >= 11 is 0. The molecule has 1 amide bonds. The third-order valence-corrected chi connectivity index (χ3v) is 5.69. The molecule has 0 aliphatic carbocycles. The topological polar surface area (TPSA) is 109 Å². The number of nitrogens with one attached hydrogen (secondary N) is 2. The number of likely N-dealkylation sites (tertiary alicyclic amines) is 1. The number of piperidine rings is 1. The smallest absolute Gasteiger partial charge is 0.318 e. The molecule has 4 rings (SSSR count). The van der Waals surface area contributed by atoms with E-state index in [0.29, 0.717) is 36.5 Å². The fourth-order valence-corrected chi connectivity index (χ4v) is 4.05. The fraction of sp³-hybridized carbons (Fsp3) is 0.318. The fourth-order valence-electron chi connectivity index (χ4n) is 4.05. The van der Waals surface area contributed by atoms with Crippen LogP contribution in [0.1, 0.15) is 40.2 Å². The van der Waals surface area contributed by atoms with E-state index in [4.69, 9.17) is 15.9 Å².